The van der Waals surface area contributed by atoms with Gasteiger partial charge in [-0.05, 0) is 58.6 Å². The number of thioether (sulfide) groups is 1. The van der Waals surface area contributed by atoms with Crippen molar-refractivity contribution < 1.29 is 18.0 Å². The molecule has 1 atom stereocenters. The van der Waals surface area contributed by atoms with Crippen LogP contribution < -0.4 is 5.32 Å². The number of imide groups is 1. The zero-order chi connectivity index (χ0) is 12.6. The highest BCUT2D eigenvalue weighted by atomic mass is 127. The summed E-state index contributed by atoms with van der Waals surface area (Å²) in [5.41, 5.74) is 0. The fourth-order valence-corrected chi connectivity index (χ4v) is 4.38. The van der Waals surface area contributed by atoms with E-state index in [1.165, 1.54) is 12.1 Å². The molecule has 1 aliphatic heterocycles. The van der Waals surface area contributed by atoms with Crippen LogP contribution in [-0.4, -0.2) is 24.1 Å². The van der Waals surface area contributed by atoms with E-state index < -0.39 is 25.6 Å². The summed E-state index contributed by atoms with van der Waals surface area (Å²) in [6.07, 6.45) is 0. The lowest BCUT2D eigenvalue weighted by Crippen LogP contribution is -2.30. The number of hydrogen-bond donors (Lipinski definition) is 1. The maximum absolute atomic E-state index is 12.1. The second-order valence-corrected chi connectivity index (χ2v) is 7.88. The van der Waals surface area contributed by atoms with Crippen LogP contribution in [0.25, 0.3) is 0 Å². The first-order valence-corrected chi connectivity index (χ1v) is 7.92. The van der Waals surface area contributed by atoms with Crippen molar-refractivity contribution >= 4 is 55.3 Å². The van der Waals surface area contributed by atoms with Crippen LogP contribution in [0.4, 0.5) is 4.79 Å². The Morgan fingerprint density at radius 1 is 1.18 bits per heavy atom. The van der Waals surface area contributed by atoms with E-state index in [4.69, 9.17) is 0 Å². The van der Waals surface area contributed by atoms with Gasteiger partial charge in [0.25, 0.3) is 11.1 Å². The van der Waals surface area contributed by atoms with Crippen LogP contribution in [0.1, 0.15) is 0 Å². The quantitative estimate of drug-likeness (QED) is 0.781. The first-order valence-electron chi connectivity index (χ1n) is 4.42. The average Bonchev–Trinajstić information content (AvgIpc) is 2.59. The minimum absolute atomic E-state index is 0.0419. The molecule has 0 radical (unpaired) electrons. The molecule has 2 rings (SSSR count). The third-order valence-corrected chi connectivity index (χ3v) is 6.30. The summed E-state index contributed by atoms with van der Waals surface area (Å²) >= 11 is 2.54. The molecule has 1 unspecified atom stereocenters. The van der Waals surface area contributed by atoms with Crippen LogP contribution in [0.2, 0.25) is 0 Å². The predicted molar refractivity (Wildman–Crippen MR) is 71.3 cm³/mol. The van der Waals surface area contributed by atoms with Crippen LogP contribution in [0.5, 0.6) is 0 Å². The Balaban J connectivity index is 2.40. The molecular formula is C9H6INO4S2. The molecule has 0 spiro atoms. The van der Waals surface area contributed by atoms with Crippen LogP contribution in [-0.2, 0) is 14.6 Å². The van der Waals surface area contributed by atoms with Crippen molar-refractivity contribution in [3.8, 4) is 0 Å². The second-order valence-electron chi connectivity index (χ2n) is 3.23. The van der Waals surface area contributed by atoms with E-state index in [-0.39, 0.29) is 4.90 Å². The van der Waals surface area contributed by atoms with Gasteiger partial charge in [-0.25, -0.2) is 8.42 Å². The highest BCUT2D eigenvalue weighted by Crippen LogP contribution is 2.29. The molecule has 5 nitrogen and oxygen atoms in total. The SMILES string of the molecule is O=C1NC(=O)C(S(=O)(=O)c2ccc(I)cc2)S1. The van der Waals surface area contributed by atoms with Crippen molar-refractivity contribution in [2.45, 2.75) is 9.48 Å². The number of amides is 2. The van der Waals surface area contributed by atoms with Crippen LogP contribution >= 0.6 is 34.4 Å². The summed E-state index contributed by atoms with van der Waals surface area (Å²) in [5.74, 6) is -0.779. The Morgan fingerprint density at radius 3 is 2.24 bits per heavy atom. The van der Waals surface area contributed by atoms with Gasteiger partial charge in [-0.3, -0.25) is 14.9 Å². The van der Waals surface area contributed by atoms with E-state index >= 15 is 0 Å². The molecule has 17 heavy (non-hydrogen) atoms. The first kappa shape index (κ1) is 12.8. The van der Waals surface area contributed by atoms with E-state index in [1.54, 1.807) is 12.1 Å². The minimum Gasteiger partial charge on any atom is -0.285 e. The molecule has 1 heterocycles. The van der Waals surface area contributed by atoms with Crippen molar-refractivity contribution in [3.05, 3.63) is 27.8 Å². The number of rotatable bonds is 2. The fraction of sp³-hybridized carbons (Fsp3) is 0.111. The Bertz CT molecular complexity index is 582. The van der Waals surface area contributed by atoms with Crippen LogP contribution in [0.3, 0.4) is 0 Å². The lowest BCUT2D eigenvalue weighted by Gasteiger charge is -2.07. The molecule has 0 aromatic heterocycles. The number of nitrogens with one attached hydrogen (secondary N) is 1. The molecule has 0 saturated carbocycles. The first-order chi connectivity index (χ1) is 7.91. The number of sulfone groups is 1. The molecule has 1 aliphatic rings. The summed E-state index contributed by atoms with van der Waals surface area (Å²) < 4.78 is 23.6. The molecule has 1 fully saturated rings. The van der Waals surface area contributed by atoms with Gasteiger partial charge in [-0.2, -0.15) is 0 Å². The largest absolute Gasteiger partial charge is 0.287 e. The second kappa shape index (κ2) is 4.58. The molecule has 1 N–H and O–H groups in total. The molecular weight excluding hydrogens is 377 g/mol. The normalized spacial score (nSPS) is 20.4. The van der Waals surface area contributed by atoms with Gasteiger partial charge >= 0.3 is 0 Å². The minimum atomic E-state index is -3.81. The topological polar surface area (TPSA) is 80.3 Å². The standard InChI is InChI=1S/C9H6INO4S2/c10-5-1-3-6(4-2-5)17(14,15)8-7(12)11-9(13)16-8/h1-4,8H,(H,11,12,13). The summed E-state index contributed by atoms with van der Waals surface area (Å²) in [5, 5.41) is 1.33. The number of hydrogen-bond acceptors (Lipinski definition) is 5. The van der Waals surface area contributed by atoms with Gasteiger partial charge in [0.2, 0.25) is 0 Å². The molecule has 90 valence electrons. The van der Waals surface area contributed by atoms with Gasteiger partial charge in [-0.15, -0.1) is 0 Å². The Kier molecular flexibility index (Phi) is 3.46. The Morgan fingerprint density at radius 2 is 1.76 bits per heavy atom. The van der Waals surface area contributed by atoms with Crippen molar-refractivity contribution in [1.29, 1.82) is 0 Å². The van der Waals surface area contributed by atoms with Crippen molar-refractivity contribution in [3.63, 3.8) is 0 Å². The van der Waals surface area contributed by atoms with E-state index in [2.05, 4.69) is 0 Å². The van der Waals surface area contributed by atoms with E-state index in [9.17, 15) is 18.0 Å². The third-order valence-electron chi connectivity index (χ3n) is 2.08. The zero-order valence-corrected chi connectivity index (χ0v) is 12.0. The summed E-state index contributed by atoms with van der Waals surface area (Å²) in [6.45, 7) is 0. The van der Waals surface area contributed by atoms with Crippen LogP contribution in [0, 0.1) is 3.57 Å². The predicted octanol–water partition coefficient (Wildman–Crippen LogP) is 1.37. The summed E-state index contributed by atoms with van der Waals surface area (Å²) in [7, 11) is -3.81. The van der Waals surface area contributed by atoms with E-state index in [1.807, 2.05) is 27.9 Å². The third kappa shape index (κ3) is 2.47. The molecule has 1 aromatic rings. The monoisotopic (exact) mass is 383 g/mol. The Labute approximate surface area is 115 Å². The fourth-order valence-electron chi connectivity index (χ4n) is 1.29. The van der Waals surface area contributed by atoms with Gasteiger partial charge in [-0.1, -0.05) is 0 Å². The maximum atomic E-state index is 12.1. The average molecular weight is 383 g/mol. The van der Waals surface area contributed by atoms with Gasteiger partial charge in [0.1, 0.15) is 0 Å². The molecule has 2 amide bonds. The zero-order valence-electron chi connectivity index (χ0n) is 8.21. The summed E-state index contributed by atoms with van der Waals surface area (Å²) in [6, 6.07) is 6.11. The Hall–Kier alpha value is -0.610. The van der Waals surface area contributed by atoms with E-state index in [0.717, 1.165) is 3.57 Å². The molecule has 0 bridgehead atoms. The van der Waals surface area contributed by atoms with Crippen molar-refractivity contribution in [1.82, 2.24) is 5.32 Å². The number of carbonyl (C=O) groups excluding carboxylic acids is 2. The number of carbonyl (C=O) groups is 2. The highest BCUT2D eigenvalue weighted by molar-refractivity contribution is 14.1. The molecule has 0 aliphatic carbocycles. The van der Waals surface area contributed by atoms with Gasteiger partial charge in [0, 0.05) is 3.57 Å². The molecule has 1 saturated heterocycles. The smallest absolute Gasteiger partial charge is 0.285 e. The molecule has 1 aromatic carbocycles. The number of halogens is 1. The number of benzene rings is 1. The lowest BCUT2D eigenvalue weighted by atomic mass is 10.4. The van der Waals surface area contributed by atoms with Crippen LogP contribution in [0.15, 0.2) is 29.2 Å². The molecule has 8 heteroatoms. The van der Waals surface area contributed by atoms with Gasteiger partial charge < -0.3 is 0 Å². The van der Waals surface area contributed by atoms with Gasteiger partial charge in [0.05, 0.1) is 4.90 Å². The van der Waals surface area contributed by atoms with Gasteiger partial charge in [0.15, 0.2) is 14.4 Å². The van der Waals surface area contributed by atoms with E-state index in [0.29, 0.717) is 11.8 Å². The van der Waals surface area contributed by atoms with Crippen molar-refractivity contribution in [2.75, 3.05) is 0 Å². The van der Waals surface area contributed by atoms with Crippen molar-refractivity contribution in [2.24, 2.45) is 0 Å². The maximum Gasteiger partial charge on any atom is 0.287 e. The highest BCUT2D eigenvalue weighted by Gasteiger charge is 2.42. The summed E-state index contributed by atoms with van der Waals surface area (Å²) in [4.78, 5) is 22.3. The lowest BCUT2D eigenvalue weighted by molar-refractivity contribution is -0.117.